The van der Waals surface area contributed by atoms with Crippen molar-refractivity contribution in [2.45, 2.75) is 44.9 Å². The fourth-order valence-corrected chi connectivity index (χ4v) is 4.64. The van der Waals surface area contributed by atoms with Gasteiger partial charge >= 0.3 is 0 Å². The monoisotopic (exact) mass is 464 g/mol. The van der Waals surface area contributed by atoms with E-state index in [-0.39, 0.29) is 42.0 Å². The van der Waals surface area contributed by atoms with Crippen LogP contribution in [0.25, 0.3) is 0 Å². The van der Waals surface area contributed by atoms with Gasteiger partial charge < -0.3 is 16.0 Å². The lowest BCUT2D eigenvalue weighted by Gasteiger charge is -2.35. The van der Waals surface area contributed by atoms with Crippen LogP contribution in [0.5, 0.6) is 0 Å². The zero-order valence-corrected chi connectivity index (χ0v) is 19.1. The summed E-state index contributed by atoms with van der Waals surface area (Å²) in [6.07, 6.45) is 10.1. The molecule has 0 saturated heterocycles. The molecule has 2 amide bonds. The topological polar surface area (TPSA) is 88.3 Å². The quantitative estimate of drug-likeness (QED) is 0.687. The van der Waals surface area contributed by atoms with Crippen molar-refractivity contribution in [1.82, 2.24) is 4.98 Å². The normalized spacial score (nSPS) is 16.5. The summed E-state index contributed by atoms with van der Waals surface area (Å²) in [6, 6.07) is 9.33. The average Bonchev–Trinajstić information content (AvgIpc) is 3.17. The average molecular weight is 465 g/mol. The highest BCUT2D eigenvalue weighted by Gasteiger charge is 2.33. The number of rotatable bonds is 5. The zero-order chi connectivity index (χ0) is 20.3. The Bertz CT molecular complexity index is 902. The van der Waals surface area contributed by atoms with Crippen molar-refractivity contribution in [3.8, 4) is 0 Å². The van der Waals surface area contributed by atoms with Gasteiger partial charge in [-0.1, -0.05) is 19.3 Å². The number of nitrogens with zero attached hydrogens (tertiary/aromatic N) is 2. The standard InChI is InChI=1S/C23H28N4O2.2ClH/c24-16-23(9-2-1-3-10-23)14-21(28)26-19-6-7-20-17(13-19)8-12-27(20)22(29)18-5-4-11-25-15-18;;/h4-7,11,13,15H,1-3,8-10,12,14,16,24H2,(H,26,28);2*1H. The van der Waals surface area contributed by atoms with Gasteiger partial charge in [0.2, 0.25) is 5.91 Å². The van der Waals surface area contributed by atoms with Gasteiger partial charge in [-0.05, 0) is 67.1 Å². The Morgan fingerprint density at radius 1 is 1.13 bits per heavy atom. The minimum absolute atomic E-state index is 0. The molecule has 2 aliphatic rings. The SMILES string of the molecule is Cl.Cl.NCC1(CC(=O)Nc2ccc3c(c2)CCN3C(=O)c2cccnc2)CCCCC1. The van der Waals surface area contributed by atoms with Crippen molar-refractivity contribution in [2.24, 2.45) is 11.1 Å². The molecule has 31 heavy (non-hydrogen) atoms. The van der Waals surface area contributed by atoms with Crippen LogP contribution >= 0.6 is 24.8 Å². The molecule has 1 fully saturated rings. The smallest absolute Gasteiger partial charge is 0.259 e. The molecule has 8 heteroatoms. The number of amides is 2. The maximum atomic E-state index is 12.8. The van der Waals surface area contributed by atoms with Gasteiger partial charge in [-0.15, -0.1) is 24.8 Å². The molecule has 0 atom stereocenters. The number of halogens is 2. The first-order valence-electron chi connectivity index (χ1n) is 10.4. The third-order valence-corrected chi connectivity index (χ3v) is 6.30. The van der Waals surface area contributed by atoms with Crippen LogP contribution in [0, 0.1) is 5.41 Å². The van der Waals surface area contributed by atoms with Crippen molar-refractivity contribution in [2.75, 3.05) is 23.3 Å². The number of nitrogens with one attached hydrogen (secondary N) is 1. The Labute approximate surface area is 195 Å². The van der Waals surface area contributed by atoms with Crippen molar-refractivity contribution in [3.05, 3.63) is 53.9 Å². The predicted molar refractivity (Wildman–Crippen MR) is 128 cm³/mol. The largest absolute Gasteiger partial charge is 0.330 e. The third-order valence-electron chi connectivity index (χ3n) is 6.30. The van der Waals surface area contributed by atoms with Crippen LogP contribution in [0.2, 0.25) is 0 Å². The fourth-order valence-electron chi connectivity index (χ4n) is 4.64. The summed E-state index contributed by atoms with van der Waals surface area (Å²) in [5.74, 6) is -0.0191. The van der Waals surface area contributed by atoms with Crippen molar-refractivity contribution < 1.29 is 9.59 Å². The maximum Gasteiger partial charge on any atom is 0.259 e. The Balaban J connectivity index is 0.00000171. The number of carbonyl (C=O) groups excluding carboxylic acids is 2. The molecule has 1 aliphatic heterocycles. The van der Waals surface area contributed by atoms with E-state index in [2.05, 4.69) is 10.3 Å². The number of fused-ring (bicyclic) bond motifs is 1. The van der Waals surface area contributed by atoms with Crippen LogP contribution in [-0.2, 0) is 11.2 Å². The van der Waals surface area contributed by atoms with E-state index < -0.39 is 0 Å². The van der Waals surface area contributed by atoms with E-state index in [1.54, 1.807) is 29.4 Å². The lowest BCUT2D eigenvalue weighted by molar-refractivity contribution is -0.118. The van der Waals surface area contributed by atoms with Crippen LogP contribution in [-0.4, -0.2) is 29.9 Å². The minimum atomic E-state index is -0.0496. The number of nitrogens with two attached hydrogens (primary N) is 1. The maximum absolute atomic E-state index is 12.8. The molecule has 0 unspecified atom stereocenters. The molecule has 2 aromatic rings. The van der Waals surface area contributed by atoms with Crippen LogP contribution in [0.3, 0.4) is 0 Å². The van der Waals surface area contributed by atoms with Crippen molar-refractivity contribution in [3.63, 3.8) is 0 Å². The Kier molecular flexibility index (Phi) is 8.86. The second-order valence-corrected chi connectivity index (χ2v) is 8.28. The first-order chi connectivity index (χ1) is 14.1. The highest BCUT2D eigenvalue weighted by molar-refractivity contribution is 6.07. The number of carbonyl (C=O) groups is 2. The summed E-state index contributed by atoms with van der Waals surface area (Å²) in [6.45, 7) is 1.20. The van der Waals surface area contributed by atoms with Crippen LogP contribution in [0.1, 0.15) is 54.4 Å². The lowest BCUT2D eigenvalue weighted by Crippen LogP contribution is -2.36. The molecule has 1 aliphatic carbocycles. The van der Waals surface area contributed by atoms with E-state index in [4.69, 9.17) is 5.73 Å². The van der Waals surface area contributed by atoms with Gasteiger partial charge in [-0.25, -0.2) is 0 Å². The number of aromatic nitrogens is 1. The number of hydrogen-bond donors (Lipinski definition) is 2. The molecule has 0 spiro atoms. The summed E-state index contributed by atoms with van der Waals surface area (Å²) in [7, 11) is 0. The van der Waals surface area contributed by atoms with E-state index in [0.29, 0.717) is 25.1 Å². The molecule has 3 N–H and O–H groups in total. The van der Waals surface area contributed by atoms with Gasteiger partial charge in [0, 0.05) is 36.7 Å². The van der Waals surface area contributed by atoms with Gasteiger partial charge in [-0.2, -0.15) is 0 Å². The Morgan fingerprint density at radius 3 is 2.58 bits per heavy atom. The summed E-state index contributed by atoms with van der Waals surface area (Å²) in [4.78, 5) is 31.2. The molecule has 0 radical (unpaired) electrons. The molecule has 6 nitrogen and oxygen atoms in total. The number of benzene rings is 1. The molecule has 1 aromatic carbocycles. The van der Waals surface area contributed by atoms with E-state index in [0.717, 1.165) is 49.0 Å². The number of pyridine rings is 1. The molecule has 1 aromatic heterocycles. The molecule has 2 heterocycles. The number of hydrogen-bond acceptors (Lipinski definition) is 4. The summed E-state index contributed by atoms with van der Waals surface area (Å²) in [5.41, 5.74) is 9.32. The Morgan fingerprint density at radius 2 is 1.90 bits per heavy atom. The molecular formula is C23H30Cl2N4O2. The molecule has 0 bridgehead atoms. The summed E-state index contributed by atoms with van der Waals surface area (Å²) >= 11 is 0. The lowest BCUT2D eigenvalue weighted by atomic mass is 9.71. The van der Waals surface area contributed by atoms with Crippen LogP contribution < -0.4 is 16.0 Å². The molecule has 4 rings (SSSR count). The zero-order valence-electron chi connectivity index (χ0n) is 17.5. The third kappa shape index (κ3) is 5.56. The molecule has 168 valence electrons. The summed E-state index contributed by atoms with van der Waals surface area (Å²) < 4.78 is 0. The molecular weight excluding hydrogens is 435 g/mol. The van der Waals surface area contributed by atoms with Crippen molar-refractivity contribution >= 4 is 48.0 Å². The highest BCUT2D eigenvalue weighted by Crippen LogP contribution is 2.39. The second-order valence-electron chi connectivity index (χ2n) is 8.28. The fraction of sp³-hybridized carbons (Fsp3) is 0.435. The van der Waals surface area contributed by atoms with E-state index in [1.807, 2.05) is 18.2 Å². The second kappa shape index (κ2) is 10.9. The minimum Gasteiger partial charge on any atom is -0.330 e. The van der Waals surface area contributed by atoms with Gasteiger partial charge in [0.05, 0.1) is 5.56 Å². The van der Waals surface area contributed by atoms with Crippen molar-refractivity contribution in [1.29, 1.82) is 0 Å². The first kappa shape index (κ1) is 25.1. The van der Waals surface area contributed by atoms with Gasteiger partial charge in [0.15, 0.2) is 0 Å². The number of anilines is 2. The van der Waals surface area contributed by atoms with E-state index in [1.165, 1.54) is 6.42 Å². The Hall–Kier alpha value is -2.15. The predicted octanol–water partition coefficient (Wildman–Crippen LogP) is 4.37. The first-order valence-corrected chi connectivity index (χ1v) is 10.4. The van der Waals surface area contributed by atoms with Gasteiger partial charge in [-0.3, -0.25) is 14.6 Å². The highest BCUT2D eigenvalue weighted by atomic mass is 35.5. The van der Waals surface area contributed by atoms with E-state index >= 15 is 0 Å². The van der Waals surface area contributed by atoms with Crippen LogP contribution in [0.4, 0.5) is 11.4 Å². The molecule has 1 saturated carbocycles. The van der Waals surface area contributed by atoms with Crippen LogP contribution in [0.15, 0.2) is 42.7 Å². The van der Waals surface area contributed by atoms with Gasteiger partial charge in [0.25, 0.3) is 5.91 Å². The van der Waals surface area contributed by atoms with Gasteiger partial charge in [0.1, 0.15) is 0 Å². The summed E-state index contributed by atoms with van der Waals surface area (Å²) in [5, 5.41) is 3.05. The van der Waals surface area contributed by atoms with E-state index in [9.17, 15) is 9.59 Å².